The van der Waals surface area contributed by atoms with Crippen molar-refractivity contribution in [1.82, 2.24) is 0 Å². The van der Waals surface area contributed by atoms with Crippen LogP contribution in [0.2, 0.25) is 0 Å². The summed E-state index contributed by atoms with van der Waals surface area (Å²) in [6.45, 7) is 5.59. The normalized spacial score (nSPS) is 20.1. The summed E-state index contributed by atoms with van der Waals surface area (Å²) in [6.07, 6.45) is 2.60. The van der Waals surface area contributed by atoms with Crippen molar-refractivity contribution in [3.05, 3.63) is 18.2 Å². The minimum absolute atomic E-state index is 0.369. The molecule has 1 aliphatic carbocycles. The number of ether oxygens (including phenoxy) is 1. The predicted octanol–water partition coefficient (Wildman–Crippen LogP) is 2.87. The number of rotatable bonds is 2. The number of methoxy groups -OCH3 is 1. The molecule has 1 aliphatic heterocycles. The van der Waals surface area contributed by atoms with Crippen molar-refractivity contribution >= 4 is 11.4 Å². The Bertz CT molecular complexity index is 438. The van der Waals surface area contributed by atoms with E-state index in [1.807, 2.05) is 6.07 Å². The van der Waals surface area contributed by atoms with E-state index in [1.165, 1.54) is 18.5 Å². The number of anilines is 2. The molecule has 1 saturated carbocycles. The van der Waals surface area contributed by atoms with E-state index in [1.54, 1.807) is 7.11 Å². The molecule has 3 heteroatoms. The lowest BCUT2D eigenvalue weighted by atomic mass is 10.0. The van der Waals surface area contributed by atoms with E-state index in [2.05, 4.69) is 36.2 Å². The molecule has 0 unspecified atom stereocenters. The van der Waals surface area contributed by atoms with Crippen LogP contribution in [0.15, 0.2) is 18.2 Å². The Morgan fingerprint density at radius 1 is 1.35 bits per heavy atom. The zero-order valence-corrected chi connectivity index (χ0v) is 10.8. The Labute approximate surface area is 103 Å². The predicted molar refractivity (Wildman–Crippen MR) is 71.1 cm³/mol. The van der Waals surface area contributed by atoms with Gasteiger partial charge in [0.1, 0.15) is 11.4 Å². The van der Waals surface area contributed by atoms with Crippen molar-refractivity contribution in [2.45, 2.75) is 38.3 Å². The number of nitrogens with zero attached hydrogens (tertiary/aromatic N) is 1. The van der Waals surface area contributed by atoms with Crippen molar-refractivity contribution in [3.63, 3.8) is 0 Å². The van der Waals surface area contributed by atoms with Crippen LogP contribution in [0.25, 0.3) is 0 Å². The van der Waals surface area contributed by atoms with Crippen molar-refractivity contribution in [2.75, 3.05) is 23.9 Å². The van der Waals surface area contributed by atoms with Gasteiger partial charge < -0.3 is 15.0 Å². The van der Waals surface area contributed by atoms with Crippen LogP contribution in [-0.2, 0) is 0 Å². The van der Waals surface area contributed by atoms with Crippen LogP contribution in [0.3, 0.4) is 0 Å². The first-order valence-electron chi connectivity index (χ1n) is 6.38. The first kappa shape index (κ1) is 10.8. The number of hydrogen-bond acceptors (Lipinski definition) is 3. The summed E-state index contributed by atoms with van der Waals surface area (Å²) in [5, 5.41) is 3.55. The third-order valence-corrected chi connectivity index (χ3v) is 3.93. The first-order valence-corrected chi connectivity index (χ1v) is 6.38. The number of para-hydroxylation sites is 1. The van der Waals surface area contributed by atoms with Gasteiger partial charge in [-0.1, -0.05) is 6.07 Å². The zero-order chi connectivity index (χ0) is 12.0. The molecular formula is C14H20N2O. The summed E-state index contributed by atoms with van der Waals surface area (Å²) in [6, 6.07) is 6.83. The molecule has 0 amide bonds. The number of nitrogens with one attached hydrogen (secondary N) is 1. The minimum atomic E-state index is 0.369. The Hall–Kier alpha value is -1.38. The fourth-order valence-corrected chi connectivity index (χ4v) is 3.05. The average Bonchev–Trinajstić information content (AvgIpc) is 3.07. The van der Waals surface area contributed by atoms with E-state index in [4.69, 9.17) is 4.74 Å². The van der Waals surface area contributed by atoms with Gasteiger partial charge in [0, 0.05) is 12.6 Å². The van der Waals surface area contributed by atoms with Gasteiger partial charge in [-0.25, -0.2) is 0 Å². The molecule has 1 N–H and O–H groups in total. The Morgan fingerprint density at radius 3 is 2.71 bits per heavy atom. The number of fused-ring (bicyclic) bond motifs is 1. The molecule has 0 atom stereocenters. The van der Waals surface area contributed by atoms with Crippen molar-refractivity contribution < 1.29 is 4.74 Å². The third kappa shape index (κ3) is 1.48. The van der Waals surface area contributed by atoms with E-state index in [0.717, 1.165) is 18.0 Å². The van der Waals surface area contributed by atoms with Gasteiger partial charge in [0.25, 0.3) is 0 Å². The SMILES string of the molecule is COc1cccc2c1NCC1(CC1)N2C(C)C. The smallest absolute Gasteiger partial charge is 0.144 e. The third-order valence-electron chi connectivity index (χ3n) is 3.93. The number of hydrogen-bond donors (Lipinski definition) is 1. The maximum absolute atomic E-state index is 5.44. The topological polar surface area (TPSA) is 24.5 Å². The molecule has 0 bridgehead atoms. The summed E-state index contributed by atoms with van der Waals surface area (Å²) < 4.78 is 5.44. The monoisotopic (exact) mass is 232 g/mol. The number of benzene rings is 1. The van der Waals surface area contributed by atoms with Crippen LogP contribution in [0, 0.1) is 0 Å². The molecule has 17 heavy (non-hydrogen) atoms. The Balaban J connectivity index is 2.10. The lowest BCUT2D eigenvalue weighted by Gasteiger charge is -2.43. The second kappa shape index (κ2) is 3.56. The highest BCUT2D eigenvalue weighted by Crippen LogP contribution is 2.52. The standard InChI is InChI=1S/C14H20N2O/c1-10(2)16-11-5-4-6-12(17-3)13(11)15-9-14(16)7-8-14/h4-6,10,15H,7-9H2,1-3H3. The minimum Gasteiger partial charge on any atom is -0.495 e. The van der Waals surface area contributed by atoms with Gasteiger partial charge in [-0.2, -0.15) is 0 Å². The summed E-state index contributed by atoms with van der Waals surface area (Å²) in [5.74, 6) is 0.948. The molecule has 1 fully saturated rings. The van der Waals surface area contributed by atoms with Gasteiger partial charge in [-0.3, -0.25) is 0 Å². The second-order valence-electron chi connectivity index (χ2n) is 5.40. The molecule has 0 saturated heterocycles. The van der Waals surface area contributed by atoms with Gasteiger partial charge in [0.05, 0.1) is 18.3 Å². The molecule has 1 spiro atoms. The summed E-state index contributed by atoms with van der Waals surface area (Å²) in [5.41, 5.74) is 2.82. The lowest BCUT2D eigenvalue weighted by molar-refractivity contribution is 0.414. The molecule has 92 valence electrons. The van der Waals surface area contributed by atoms with Gasteiger partial charge in [0.15, 0.2) is 0 Å². The molecule has 1 aromatic carbocycles. The molecule has 1 heterocycles. The molecule has 2 aliphatic rings. The summed E-state index contributed by atoms with van der Waals surface area (Å²) in [7, 11) is 1.73. The Morgan fingerprint density at radius 2 is 2.12 bits per heavy atom. The fourth-order valence-electron chi connectivity index (χ4n) is 3.05. The molecule has 1 aromatic rings. The van der Waals surface area contributed by atoms with Crippen LogP contribution < -0.4 is 15.0 Å². The zero-order valence-electron chi connectivity index (χ0n) is 10.8. The van der Waals surface area contributed by atoms with Crippen molar-refractivity contribution in [3.8, 4) is 5.75 Å². The molecular weight excluding hydrogens is 212 g/mol. The van der Waals surface area contributed by atoms with Crippen molar-refractivity contribution in [1.29, 1.82) is 0 Å². The van der Waals surface area contributed by atoms with E-state index < -0.39 is 0 Å². The van der Waals surface area contributed by atoms with Gasteiger partial charge >= 0.3 is 0 Å². The van der Waals surface area contributed by atoms with Gasteiger partial charge in [-0.05, 0) is 38.8 Å². The van der Waals surface area contributed by atoms with Crippen molar-refractivity contribution in [2.24, 2.45) is 0 Å². The molecule has 0 aromatic heterocycles. The van der Waals surface area contributed by atoms with Crippen LogP contribution >= 0.6 is 0 Å². The van der Waals surface area contributed by atoms with Crippen LogP contribution in [0.5, 0.6) is 5.75 Å². The van der Waals surface area contributed by atoms with Gasteiger partial charge in [-0.15, -0.1) is 0 Å². The van der Waals surface area contributed by atoms with E-state index in [0.29, 0.717) is 11.6 Å². The summed E-state index contributed by atoms with van der Waals surface area (Å²) >= 11 is 0. The van der Waals surface area contributed by atoms with Gasteiger partial charge in [0.2, 0.25) is 0 Å². The van der Waals surface area contributed by atoms with Crippen LogP contribution in [0.4, 0.5) is 11.4 Å². The quantitative estimate of drug-likeness (QED) is 0.848. The molecule has 3 nitrogen and oxygen atoms in total. The second-order valence-corrected chi connectivity index (χ2v) is 5.40. The maximum Gasteiger partial charge on any atom is 0.144 e. The summed E-state index contributed by atoms with van der Waals surface area (Å²) in [4.78, 5) is 2.57. The lowest BCUT2D eigenvalue weighted by Crippen LogP contribution is -2.50. The highest BCUT2D eigenvalue weighted by molar-refractivity contribution is 5.80. The van der Waals surface area contributed by atoms with Crippen LogP contribution in [0.1, 0.15) is 26.7 Å². The van der Waals surface area contributed by atoms with E-state index in [-0.39, 0.29) is 0 Å². The maximum atomic E-state index is 5.44. The van der Waals surface area contributed by atoms with Crippen LogP contribution in [-0.4, -0.2) is 25.2 Å². The highest BCUT2D eigenvalue weighted by atomic mass is 16.5. The Kier molecular flexibility index (Phi) is 2.25. The molecule has 0 radical (unpaired) electrons. The van der Waals surface area contributed by atoms with E-state index in [9.17, 15) is 0 Å². The molecule has 3 rings (SSSR count). The highest BCUT2D eigenvalue weighted by Gasteiger charge is 2.51. The fraction of sp³-hybridized carbons (Fsp3) is 0.571. The average molecular weight is 232 g/mol. The van der Waals surface area contributed by atoms with E-state index >= 15 is 0 Å². The first-order chi connectivity index (χ1) is 8.18. The largest absolute Gasteiger partial charge is 0.495 e.